The third-order valence-electron chi connectivity index (χ3n) is 9.27. The van der Waals surface area contributed by atoms with E-state index in [-0.39, 0.29) is 23.3 Å². The first-order valence-corrected chi connectivity index (χ1v) is 14.2. The van der Waals surface area contributed by atoms with Gasteiger partial charge in [-0.1, -0.05) is 50.7 Å². The van der Waals surface area contributed by atoms with E-state index in [1.54, 1.807) is 0 Å². The van der Waals surface area contributed by atoms with Crippen LogP contribution in [0, 0.1) is 5.41 Å². The SMILES string of the molecule is NC1(C(=O)N2CCN(C(=O)c3ccc(C4Nn5ccnc5CC45CCCCCCCC5)cc3)CC2)CC1. The molecule has 3 fully saturated rings. The molecule has 1 saturated heterocycles. The van der Waals surface area contributed by atoms with Crippen LogP contribution in [0.2, 0.25) is 0 Å². The van der Waals surface area contributed by atoms with Gasteiger partial charge in [0.05, 0.1) is 11.6 Å². The van der Waals surface area contributed by atoms with Crippen LogP contribution >= 0.6 is 0 Å². The van der Waals surface area contributed by atoms with E-state index in [1.165, 1.54) is 56.9 Å². The molecule has 2 aromatic rings. The Morgan fingerprint density at radius 1 is 0.865 bits per heavy atom. The molecular weight excluding hydrogens is 464 g/mol. The summed E-state index contributed by atoms with van der Waals surface area (Å²) in [7, 11) is 0. The number of hydrogen-bond acceptors (Lipinski definition) is 5. The quantitative estimate of drug-likeness (QED) is 0.666. The van der Waals surface area contributed by atoms with Gasteiger partial charge < -0.3 is 21.0 Å². The van der Waals surface area contributed by atoms with Gasteiger partial charge in [0.25, 0.3) is 5.91 Å². The van der Waals surface area contributed by atoms with E-state index < -0.39 is 5.54 Å². The summed E-state index contributed by atoms with van der Waals surface area (Å²) in [6.45, 7) is 2.23. The molecule has 6 rings (SSSR count). The molecule has 2 saturated carbocycles. The molecule has 4 aliphatic rings. The topological polar surface area (TPSA) is 96.5 Å². The number of nitrogens with zero attached hydrogens (tertiary/aromatic N) is 4. The molecule has 3 heterocycles. The fraction of sp³-hybridized carbons (Fsp3) is 0.621. The molecule has 37 heavy (non-hydrogen) atoms. The van der Waals surface area contributed by atoms with Crippen LogP contribution in [0.3, 0.4) is 0 Å². The molecule has 2 aliphatic carbocycles. The number of piperazine rings is 1. The second-order valence-corrected chi connectivity index (χ2v) is 11.8. The van der Waals surface area contributed by atoms with Crippen molar-refractivity contribution in [2.24, 2.45) is 11.1 Å². The van der Waals surface area contributed by atoms with Gasteiger partial charge in [0, 0.05) is 56.0 Å². The van der Waals surface area contributed by atoms with Gasteiger partial charge in [-0.2, -0.15) is 0 Å². The van der Waals surface area contributed by atoms with Crippen molar-refractivity contribution in [3.8, 4) is 0 Å². The monoisotopic (exact) mass is 504 g/mol. The second kappa shape index (κ2) is 9.78. The molecule has 8 heteroatoms. The van der Waals surface area contributed by atoms with Crippen molar-refractivity contribution in [3.63, 3.8) is 0 Å². The summed E-state index contributed by atoms with van der Waals surface area (Å²) >= 11 is 0. The van der Waals surface area contributed by atoms with Crippen LogP contribution < -0.4 is 11.2 Å². The number of nitrogens with one attached hydrogen (secondary N) is 1. The van der Waals surface area contributed by atoms with E-state index >= 15 is 0 Å². The molecule has 1 aromatic carbocycles. The Labute approximate surface area is 219 Å². The molecule has 3 N–H and O–H groups in total. The zero-order valence-electron chi connectivity index (χ0n) is 21.8. The van der Waals surface area contributed by atoms with Crippen LogP contribution in [0.25, 0.3) is 0 Å². The Hall–Kier alpha value is -2.87. The number of rotatable bonds is 3. The Bertz CT molecular complexity index is 1120. The predicted octanol–water partition coefficient (Wildman–Crippen LogP) is 3.62. The van der Waals surface area contributed by atoms with Gasteiger partial charge in [-0.3, -0.25) is 14.3 Å². The Kier molecular flexibility index (Phi) is 6.47. The lowest BCUT2D eigenvalue weighted by Crippen LogP contribution is -2.55. The van der Waals surface area contributed by atoms with Crippen LogP contribution in [0.4, 0.5) is 0 Å². The van der Waals surface area contributed by atoms with Crippen LogP contribution in [-0.2, 0) is 11.2 Å². The van der Waals surface area contributed by atoms with Gasteiger partial charge in [0.1, 0.15) is 5.82 Å². The van der Waals surface area contributed by atoms with Crippen molar-refractivity contribution in [1.82, 2.24) is 19.5 Å². The number of hydrogen-bond donors (Lipinski definition) is 2. The standard InChI is InChI=1S/C29H40N6O2/c30-29(13-14-29)27(37)34-19-17-33(18-20-34)26(36)23-9-7-22(8-10-23)25-28(11-5-3-1-2-4-6-12-28)21-24-31-15-16-35(24)32-25/h7-10,15-16,25,32H,1-6,11-14,17-21,30H2. The Morgan fingerprint density at radius 3 is 2.14 bits per heavy atom. The van der Waals surface area contributed by atoms with Gasteiger partial charge in [0.2, 0.25) is 5.91 Å². The normalized spacial score (nSPS) is 24.8. The highest BCUT2D eigenvalue weighted by molar-refractivity contribution is 5.94. The van der Waals surface area contributed by atoms with Crippen molar-refractivity contribution in [2.45, 2.75) is 82.2 Å². The van der Waals surface area contributed by atoms with Crippen LogP contribution in [0.15, 0.2) is 36.7 Å². The number of benzene rings is 1. The lowest BCUT2D eigenvalue weighted by Gasteiger charge is -2.46. The maximum Gasteiger partial charge on any atom is 0.253 e. The number of imidazole rings is 1. The minimum Gasteiger partial charge on any atom is -0.338 e. The average molecular weight is 505 g/mol. The molecule has 1 spiro atoms. The zero-order chi connectivity index (χ0) is 25.5. The molecule has 198 valence electrons. The second-order valence-electron chi connectivity index (χ2n) is 11.8. The molecule has 2 amide bonds. The number of carbonyl (C=O) groups is 2. The van der Waals surface area contributed by atoms with Crippen molar-refractivity contribution in [1.29, 1.82) is 0 Å². The molecule has 8 nitrogen and oxygen atoms in total. The highest BCUT2D eigenvalue weighted by atomic mass is 16.2. The first-order chi connectivity index (χ1) is 18.0. The molecule has 1 atom stereocenters. The minimum absolute atomic E-state index is 0.0400. The highest BCUT2D eigenvalue weighted by Gasteiger charge is 2.48. The van der Waals surface area contributed by atoms with Crippen LogP contribution in [0.5, 0.6) is 0 Å². The smallest absolute Gasteiger partial charge is 0.253 e. The third kappa shape index (κ3) is 4.76. The fourth-order valence-corrected chi connectivity index (χ4v) is 6.73. The number of fused-ring (bicyclic) bond motifs is 1. The number of amides is 2. The largest absolute Gasteiger partial charge is 0.338 e. The summed E-state index contributed by atoms with van der Waals surface area (Å²) in [6, 6.07) is 8.46. The van der Waals surface area contributed by atoms with Crippen molar-refractivity contribution in [2.75, 3.05) is 31.6 Å². The van der Waals surface area contributed by atoms with E-state index in [0.717, 1.165) is 25.1 Å². The molecule has 0 radical (unpaired) electrons. The van der Waals surface area contributed by atoms with E-state index in [4.69, 9.17) is 5.73 Å². The predicted molar refractivity (Wildman–Crippen MR) is 142 cm³/mol. The summed E-state index contributed by atoms with van der Waals surface area (Å²) in [4.78, 5) is 34.2. The third-order valence-corrected chi connectivity index (χ3v) is 9.27. The first-order valence-electron chi connectivity index (χ1n) is 14.2. The van der Waals surface area contributed by atoms with E-state index in [2.05, 4.69) is 27.2 Å². The number of aromatic nitrogens is 2. The fourth-order valence-electron chi connectivity index (χ4n) is 6.73. The van der Waals surface area contributed by atoms with Gasteiger partial charge in [-0.25, -0.2) is 4.98 Å². The van der Waals surface area contributed by atoms with E-state index in [9.17, 15) is 9.59 Å². The highest BCUT2D eigenvalue weighted by Crippen LogP contribution is 2.49. The summed E-state index contributed by atoms with van der Waals surface area (Å²) in [5.74, 6) is 1.21. The van der Waals surface area contributed by atoms with Crippen molar-refractivity contribution in [3.05, 3.63) is 53.6 Å². The van der Waals surface area contributed by atoms with Crippen molar-refractivity contribution < 1.29 is 9.59 Å². The van der Waals surface area contributed by atoms with E-state index in [0.29, 0.717) is 31.7 Å². The number of carbonyl (C=O) groups excluding carboxylic acids is 2. The Morgan fingerprint density at radius 2 is 1.49 bits per heavy atom. The Balaban J connectivity index is 1.17. The summed E-state index contributed by atoms with van der Waals surface area (Å²) < 4.78 is 2.09. The molecule has 0 bridgehead atoms. The summed E-state index contributed by atoms with van der Waals surface area (Å²) in [6.07, 6.45) is 16.7. The van der Waals surface area contributed by atoms with Crippen LogP contribution in [0.1, 0.15) is 92.0 Å². The summed E-state index contributed by atoms with van der Waals surface area (Å²) in [5, 5.41) is 0. The van der Waals surface area contributed by atoms with Gasteiger partial charge in [0.15, 0.2) is 0 Å². The molecule has 1 aromatic heterocycles. The molecule has 1 unspecified atom stereocenters. The summed E-state index contributed by atoms with van der Waals surface area (Å²) in [5.41, 5.74) is 11.3. The van der Waals surface area contributed by atoms with Crippen LogP contribution in [-0.4, -0.2) is 63.0 Å². The van der Waals surface area contributed by atoms with Crippen molar-refractivity contribution >= 4 is 11.8 Å². The lowest BCUT2D eigenvalue weighted by molar-refractivity contribution is -0.135. The average Bonchev–Trinajstić information content (AvgIpc) is 3.48. The van der Waals surface area contributed by atoms with Gasteiger partial charge in [-0.15, -0.1) is 0 Å². The van der Waals surface area contributed by atoms with Gasteiger partial charge in [-0.05, 0) is 43.4 Å². The zero-order valence-corrected chi connectivity index (χ0v) is 21.8. The maximum absolute atomic E-state index is 13.3. The minimum atomic E-state index is -0.639. The van der Waals surface area contributed by atoms with Gasteiger partial charge >= 0.3 is 0 Å². The molecule has 2 aliphatic heterocycles. The maximum atomic E-state index is 13.3. The lowest BCUT2D eigenvalue weighted by atomic mass is 9.67. The number of nitrogens with two attached hydrogens (primary N) is 1. The molecular formula is C29H40N6O2. The van der Waals surface area contributed by atoms with E-state index in [1.807, 2.05) is 34.3 Å². The first kappa shape index (κ1) is 24.5.